The molecule has 5 nitrogen and oxygen atoms in total. The van der Waals surface area contributed by atoms with Crippen molar-refractivity contribution in [1.29, 1.82) is 0 Å². The van der Waals surface area contributed by atoms with Crippen LogP contribution in [0.15, 0.2) is 30.5 Å². The van der Waals surface area contributed by atoms with Gasteiger partial charge in [-0.05, 0) is 18.2 Å². The molecule has 0 unspecified atom stereocenters. The summed E-state index contributed by atoms with van der Waals surface area (Å²) >= 11 is 0. The van der Waals surface area contributed by atoms with Gasteiger partial charge < -0.3 is 0 Å². The number of aromatic nitrogens is 2. The summed E-state index contributed by atoms with van der Waals surface area (Å²) in [6, 6.07) is 3.74. The topological polar surface area (TPSA) is 61.0 Å². The molecule has 0 atom stereocenters. The molecule has 0 N–H and O–H groups in total. The second-order valence-corrected chi connectivity index (χ2v) is 3.51. The monoisotopic (exact) mass is 275 g/mol. The van der Waals surface area contributed by atoms with Crippen molar-refractivity contribution < 1.29 is 22.5 Å². The van der Waals surface area contributed by atoms with E-state index in [2.05, 4.69) is 5.10 Å². The summed E-state index contributed by atoms with van der Waals surface area (Å²) in [5, 5.41) is 13.9. The van der Waals surface area contributed by atoms with Crippen LogP contribution < -0.4 is 0 Å². The van der Waals surface area contributed by atoms with Gasteiger partial charge in [0.05, 0.1) is 4.92 Å². The van der Waals surface area contributed by atoms with Gasteiger partial charge in [-0.1, -0.05) is 6.07 Å². The first-order chi connectivity index (χ1) is 8.80. The lowest BCUT2D eigenvalue weighted by atomic mass is 10.2. The zero-order chi connectivity index (χ0) is 14.2. The minimum absolute atomic E-state index is 0.375. The largest absolute Gasteiger partial charge is 0.435 e. The lowest BCUT2D eigenvalue weighted by Crippen LogP contribution is -2.08. The Morgan fingerprint density at radius 1 is 1.26 bits per heavy atom. The van der Waals surface area contributed by atoms with Crippen LogP contribution >= 0.6 is 0 Å². The number of hydrogen-bond donors (Lipinski definition) is 0. The van der Waals surface area contributed by atoms with E-state index in [9.17, 15) is 27.7 Å². The van der Waals surface area contributed by atoms with Crippen LogP contribution in [0.5, 0.6) is 0 Å². The van der Waals surface area contributed by atoms with Crippen molar-refractivity contribution in [3.8, 4) is 5.69 Å². The van der Waals surface area contributed by atoms with E-state index in [1.807, 2.05) is 0 Å². The van der Waals surface area contributed by atoms with Crippen LogP contribution in [0.2, 0.25) is 0 Å². The van der Waals surface area contributed by atoms with Gasteiger partial charge in [0.1, 0.15) is 5.69 Å². The number of nitrogens with zero attached hydrogens (tertiary/aromatic N) is 3. The molecule has 9 heteroatoms. The highest BCUT2D eigenvalue weighted by Gasteiger charge is 2.34. The van der Waals surface area contributed by atoms with E-state index in [0.29, 0.717) is 10.7 Å². The highest BCUT2D eigenvalue weighted by atomic mass is 19.4. The number of nitro benzene ring substituents is 1. The average Bonchev–Trinajstić information content (AvgIpc) is 2.76. The van der Waals surface area contributed by atoms with Crippen LogP contribution in [0.4, 0.5) is 23.2 Å². The van der Waals surface area contributed by atoms with Gasteiger partial charge >= 0.3 is 11.9 Å². The van der Waals surface area contributed by atoms with Crippen LogP contribution in [0, 0.1) is 15.9 Å². The van der Waals surface area contributed by atoms with Gasteiger partial charge in [-0.25, -0.2) is 4.68 Å². The zero-order valence-corrected chi connectivity index (χ0v) is 9.06. The van der Waals surface area contributed by atoms with Crippen molar-refractivity contribution in [1.82, 2.24) is 9.78 Å². The Kier molecular flexibility index (Phi) is 2.97. The van der Waals surface area contributed by atoms with Crippen molar-refractivity contribution in [2.75, 3.05) is 0 Å². The Bertz CT molecular complexity index is 636. The van der Waals surface area contributed by atoms with Crippen LogP contribution in [0.3, 0.4) is 0 Å². The lowest BCUT2D eigenvalue weighted by molar-refractivity contribution is -0.387. The number of alkyl halides is 3. The maximum Gasteiger partial charge on any atom is 0.435 e. The summed E-state index contributed by atoms with van der Waals surface area (Å²) in [5.74, 6) is -1.15. The van der Waals surface area contributed by atoms with Crippen molar-refractivity contribution in [3.05, 3.63) is 52.1 Å². The smallest absolute Gasteiger partial charge is 0.258 e. The number of nitro groups is 1. The average molecular weight is 275 g/mol. The predicted molar refractivity (Wildman–Crippen MR) is 55.2 cm³/mol. The summed E-state index contributed by atoms with van der Waals surface area (Å²) in [5.41, 5.74) is -2.52. The van der Waals surface area contributed by atoms with E-state index in [0.717, 1.165) is 24.4 Å². The summed E-state index contributed by atoms with van der Waals surface area (Å²) in [7, 11) is 0. The Balaban J connectivity index is 2.57. The standard InChI is InChI=1S/C10H5F4N3O2/c11-6-2-1-3-7(9(6)17(18)19)16-5-4-8(15-16)10(12,13)14/h1-5H. The highest BCUT2D eigenvalue weighted by molar-refractivity contribution is 5.52. The number of halogens is 4. The molecule has 1 heterocycles. The Labute approximate surface area is 103 Å². The molecule has 0 radical (unpaired) electrons. The van der Waals surface area contributed by atoms with Crippen LogP contribution in [-0.4, -0.2) is 14.7 Å². The lowest BCUT2D eigenvalue weighted by Gasteiger charge is -2.04. The number of hydrogen-bond acceptors (Lipinski definition) is 3. The van der Waals surface area contributed by atoms with Crippen molar-refractivity contribution in [3.63, 3.8) is 0 Å². The normalized spacial score (nSPS) is 11.6. The van der Waals surface area contributed by atoms with E-state index in [1.54, 1.807) is 0 Å². The third-order valence-electron chi connectivity index (χ3n) is 2.27. The van der Waals surface area contributed by atoms with Crippen molar-refractivity contribution in [2.45, 2.75) is 6.18 Å². The quantitative estimate of drug-likeness (QED) is 0.481. The molecule has 0 fully saturated rings. The van der Waals surface area contributed by atoms with Gasteiger partial charge in [0.15, 0.2) is 5.69 Å². The van der Waals surface area contributed by atoms with E-state index in [-0.39, 0.29) is 5.69 Å². The van der Waals surface area contributed by atoms with Gasteiger partial charge in [-0.15, -0.1) is 0 Å². The minimum Gasteiger partial charge on any atom is -0.258 e. The Morgan fingerprint density at radius 3 is 2.47 bits per heavy atom. The number of rotatable bonds is 2. The summed E-state index contributed by atoms with van der Waals surface area (Å²) in [6.45, 7) is 0. The van der Waals surface area contributed by atoms with Gasteiger partial charge in [-0.3, -0.25) is 10.1 Å². The van der Waals surface area contributed by atoms with Gasteiger partial charge in [0, 0.05) is 6.20 Å². The third-order valence-corrected chi connectivity index (χ3v) is 2.27. The summed E-state index contributed by atoms with van der Waals surface area (Å²) in [6.07, 6.45) is -3.79. The molecule has 0 amide bonds. The Morgan fingerprint density at radius 2 is 1.95 bits per heavy atom. The van der Waals surface area contributed by atoms with Gasteiger partial charge in [0.2, 0.25) is 5.82 Å². The molecular weight excluding hydrogens is 270 g/mol. The SMILES string of the molecule is O=[N+]([O-])c1c(F)cccc1-n1ccc(C(F)(F)F)n1. The highest BCUT2D eigenvalue weighted by Crippen LogP contribution is 2.30. The number of benzene rings is 1. The third kappa shape index (κ3) is 2.39. The van der Waals surface area contributed by atoms with Gasteiger partial charge in [0.25, 0.3) is 0 Å². The number of para-hydroxylation sites is 1. The molecule has 0 saturated heterocycles. The molecular formula is C10H5F4N3O2. The maximum absolute atomic E-state index is 13.3. The van der Waals surface area contributed by atoms with Crippen LogP contribution in [0.25, 0.3) is 5.69 Å². The fourth-order valence-electron chi connectivity index (χ4n) is 1.48. The molecule has 0 bridgehead atoms. The summed E-state index contributed by atoms with van der Waals surface area (Å²) < 4.78 is 51.1. The fourth-order valence-corrected chi connectivity index (χ4v) is 1.48. The first-order valence-electron chi connectivity index (χ1n) is 4.87. The second kappa shape index (κ2) is 4.34. The summed E-state index contributed by atoms with van der Waals surface area (Å²) in [4.78, 5) is 9.71. The van der Waals surface area contributed by atoms with Gasteiger partial charge in [-0.2, -0.15) is 22.7 Å². The first-order valence-corrected chi connectivity index (χ1v) is 4.87. The van der Waals surface area contributed by atoms with Crippen LogP contribution in [0.1, 0.15) is 5.69 Å². The predicted octanol–water partition coefficient (Wildman–Crippen LogP) is 2.94. The molecule has 1 aromatic heterocycles. The second-order valence-electron chi connectivity index (χ2n) is 3.51. The van der Waals surface area contributed by atoms with Crippen molar-refractivity contribution >= 4 is 5.69 Å². The molecule has 19 heavy (non-hydrogen) atoms. The molecule has 0 spiro atoms. The van der Waals surface area contributed by atoms with E-state index < -0.39 is 28.3 Å². The fraction of sp³-hybridized carbons (Fsp3) is 0.100. The molecule has 0 aliphatic rings. The van der Waals surface area contributed by atoms with Crippen LogP contribution in [-0.2, 0) is 6.18 Å². The molecule has 0 saturated carbocycles. The molecule has 1 aromatic carbocycles. The molecule has 0 aliphatic carbocycles. The minimum atomic E-state index is -4.67. The van der Waals surface area contributed by atoms with E-state index in [1.165, 1.54) is 0 Å². The van der Waals surface area contributed by atoms with E-state index in [4.69, 9.17) is 0 Å². The molecule has 0 aliphatic heterocycles. The maximum atomic E-state index is 13.3. The van der Waals surface area contributed by atoms with Crippen molar-refractivity contribution in [2.24, 2.45) is 0 Å². The molecule has 100 valence electrons. The van der Waals surface area contributed by atoms with E-state index >= 15 is 0 Å². The molecule has 2 aromatic rings. The zero-order valence-electron chi connectivity index (χ0n) is 9.06. The first kappa shape index (κ1) is 13.0. The molecule has 2 rings (SSSR count). The Hall–Kier alpha value is -2.45.